The largest absolute Gasteiger partial charge is 0.383 e. The summed E-state index contributed by atoms with van der Waals surface area (Å²) in [4.78, 5) is 13.0. The molecule has 0 aliphatic heterocycles. The SMILES string of the molecule is Cn1ncc(C(=O)NCCc2ccc(Br)s2)c1N. The second-order valence-corrected chi connectivity index (χ2v) is 6.33. The standard InChI is InChI=1S/C11H13BrN4OS/c1-16-10(13)8(6-15-16)11(17)14-5-4-7-2-3-9(12)18-7/h2-3,6H,4-5,13H2,1H3,(H,14,17). The first-order valence-electron chi connectivity index (χ1n) is 5.38. The normalized spacial score (nSPS) is 10.6. The molecule has 18 heavy (non-hydrogen) atoms. The summed E-state index contributed by atoms with van der Waals surface area (Å²) in [5, 5.41) is 6.76. The Balaban J connectivity index is 1.87. The number of aromatic nitrogens is 2. The van der Waals surface area contributed by atoms with Crippen LogP contribution >= 0.6 is 27.3 Å². The van der Waals surface area contributed by atoms with Gasteiger partial charge in [0.2, 0.25) is 0 Å². The monoisotopic (exact) mass is 328 g/mol. The van der Waals surface area contributed by atoms with Gasteiger partial charge in [0.1, 0.15) is 11.4 Å². The van der Waals surface area contributed by atoms with Gasteiger partial charge in [-0.3, -0.25) is 9.48 Å². The fraction of sp³-hybridized carbons (Fsp3) is 0.273. The number of halogens is 1. The van der Waals surface area contributed by atoms with E-state index in [4.69, 9.17) is 5.73 Å². The smallest absolute Gasteiger partial charge is 0.256 e. The molecule has 5 nitrogen and oxygen atoms in total. The molecule has 0 saturated heterocycles. The molecule has 0 unspecified atom stereocenters. The Morgan fingerprint density at radius 1 is 1.61 bits per heavy atom. The van der Waals surface area contributed by atoms with Gasteiger partial charge in [-0.15, -0.1) is 11.3 Å². The Hall–Kier alpha value is -1.34. The van der Waals surface area contributed by atoms with Gasteiger partial charge in [-0.2, -0.15) is 5.10 Å². The van der Waals surface area contributed by atoms with Crippen molar-refractivity contribution in [2.75, 3.05) is 12.3 Å². The highest BCUT2D eigenvalue weighted by atomic mass is 79.9. The van der Waals surface area contributed by atoms with Crippen molar-refractivity contribution in [1.82, 2.24) is 15.1 Å². The van der Waals surface area contributed by atoms with Crippen LogP contribution in [0, 0.1) is 0 Å². The van der Waals surface area contributed by atoms with Crippen LogP contribution in [0.5, 0.6) is 0 Å². The van der Waals surface area contributed by atoms with Gasteiger partial charge in [0.05, 0.1) is 9.98 Å². The third-order valence-electron chi connectivity index (χ3n) is 2.52. The minimum Gasteiger partial charge on any atom is -0.383 e. The van der Waals surface area contributed by atoms with Crippen molar-refractivity contribution in [2.24, 2.45) is 7.05 Å². The highest BCUT2D eigenvalue weighted by Gasteiger charge is 2.12. The van der Waals surface area contributed by atoms with Crippen LogP contribution in [0.1, 0.15) is 15.2 Å². The summed E-state index contributed by atoms with van der Waals surface area (Å²) in [5.74, 6) is 0.197. The molecule has 2 aromatic heterocycles. The van der Waals surface area contributed by atoms with Crippen LogP contribution < -0.4 is 11.1 Å². The number of amides is 1. The number of carbonyl (C=O) groups excluding carboxylic acids is 1. The van der Waals surface area contributed by atoms with Crippen LogP contribution in [0.15, 0.2) is 22.1 Å². The number of nitrogens with two attached hydrogens (primary N) is 1. The van der Waals surface area contributed by atoms with E-state index in [1.165, 1.54) is 15.8 Å². The summed E-state index contributed by atoms with van der Waals surface area (Å²) in [6.45, 7) is 0.583. The Morgan fingerprint density at radius 2 is 2.39 bits per heavy atom. The summed E-state index contributed by atoms with van der Waals surface area (Å²) in [6.07, 6.45) is 2.29. The molecular weight excluding hydrogens is 316 g/mol. The van der Waals surface area contributed by atoms with Gasteiger partial charge < -0.3 is 11.1 Å². The van der Waals surface area contributed by atoms with Crippen LogP contribution in [0.4, 0.5) is 5.82 Å². The minimum atomic E-state index is -0.184. The van der Waals surface area contributed by atoms with E-state index in [1.807, 2.05) is 12.1 Å². The number of carbonyl (C=O) groups is 1. The van der Waals surface area contributed by atoms with Crippen molar-refractivity contribution in [3.63, 3.8) is 0 Å². The van der Waals surface area contributed by atoms with Crippen LogP contribution in [0.25, 0.3) is 0 Å². The molecule has 3 N–H and O–H groups in total. The number of anilines is 1. The van der Waals surface area contributed by atoms with Gasteiger partial charge in [-0.05, 0) is 34.5 Å². The van der Waals surface area contributed by atoms with Crippen molar-refractivity contribution in [3.05, 3.63) is 32.6 Å². The third-order valence-corrected chi connectivity index (χ3v) is 4.20. The van der Waals surface area contributed by atoms with Crippen LogP contribution in [0.3, 0.4) is 0 Å². The summed E-state index contributed by atoms with van der Waals surface area (Å²) >= 11 is 5.07. The fourth-order valence-corrected chi connectivity index (χ4v) is 2.99. The van der Waals surface area contributed by atoms with Gasteiger partial charge in [0.25, 0.3) is 5.91 Å². The number of nitrogens with one attached hydrogen (secondary N) is 1. The molecule has 0 fully saturated rings. The Morgan fingerprint density at radius 3 is 2.94 bits per heavy atom. The Labute approximate surface area is 117 Å². The number of thiophene rings is 1. The van der Waals surface area contributed by atoms with Crippen LogP contribution in [0.2, 0.25) is 0 Å². The first-order chi connectivity index (χ1) is 8.58. The maximum atomic E-state index is 11.8. The van der Waals surface area contributed by atoms with Gasteiger partial charge in [0, 0.05) is 18.5 Å². The molecule has 7 heteroatoms. The molecule has 2 rings (SSSR count). The average molecular weight is 329 g/mol. The molecule has 2 heterocycles. The van der Waals surface area contributed by atoms with Gasteiger partial charge in [-0.25, -0.2) is 0 Å². The summed E-state index contributed by atoms with van der Waals surface area (Å²) in [5.41, 5.74) is 6.15. The van der Waals surface area contributed by atoms with Crippen molar-refractivity contribution < 1.29 is 4.79 Å². The molecule has 0 atom stereocenters. The summed E-state index contributed by atoms with van der Waals surface area (Å²) in [7, 11) is 1.70. The molecule has 1 amide bonds. The molecule has 0 bridgehead atoms. The quantitative estimate of drug-likeness (QED) is 0.898. The van der Waals surface area contributed by atoms with Crippen molar-refractivity contribution in [2.45, 2.75) is 6.42 Å². The minimum absolute atomic E-state index is 0.184. The molecule has 2 aromatic rings. The van der Waals surface area contributed by atoms with Gasteiger partial charge in [0.15, 0.2) is 0 Å². The van der Waals surface area contributed by atoms with Crippen molar-refractivity contribution >= 4 is 39.0 Å². The highest BCUT2D eigenvalue weighted by molar-refractivity contribution is 9.11. The van der Waals surface area contributed by atoms with Crippen LogP contribution in [-0.2, 0) is 13.5 Å². The number of nitrogens with zero attached hydrogens (tertiary/aromatic N) is 2. The molecule has 0 aliphatic carbocycles. The van der Waals surface area contributed by atoms with E-state index in [-0.39, 0.29) is 5.91 Å². The maximum absolute atomic E-state index is 11.8. The predicted octanol–water partition coefficient (Wildman–Crippen LogP) is 1.80. The number of aryl methyl sites for hydroxylation is 1. The second-order valence-electron chi connectivity index (χ2n) is 3.78. The number of hydrogen-bond donors (Lipinski definition) is 2. The number of rotatable bonds is 4. The third kappa shape index (κ3) is 2.91. The lowest BCUT2D eigenvalue weighted by molar-refractivity contribution is 0.0955. The topological polar surface area (TPSA) is 72.9 Å². The second kappa shape index (κ2) is 5.53. The molecule has 0 aliphatic rings. The van der Waals surface area contributed by atoms with E-state index in [1.54, 1.807) is 18.4 Å². The molecule has 96 valence electrons. The Kier molecular flexibility index (Phi) is 4.03. The van der Waals surface area contributed by atoms with E-state index in [0.29, 0.717) is 17.9 Å². The lowest BCUT2D eigenvalue weighted by Crippen LogP contribution is -2.26. The van der Waals surface area contributed by atoms with Gasteiger partial charge >= 0.3 is 0 Å². The molecule has 0 saturated carbocycles. The predicted molar refractivity (Wildman–Crippen MR) is 75.7 cm³/mol. The summed E-state index contributed by atoms with van der Waals surface area (Å²) in [6, 6.07) is 4.04. The van der Waals surface area contributed by atoms with Crippen molar-refractivity contribution in [1.29, 1.82) is 0 Å². The lowest BCUT2D eigenvalue weighted by atomic mass is 10.3. The van der Waals surface area contributed by atoms with E-state index in [9.17, 15) is 4.79 Å². The zero-order valence-corrected chi connectivity index (χ0v) is 12.2. The number of hydrogen-bond acceptors (Lipinski definition) is 4. The highest BCUT2D eigenvalue weighted by Crippen LogP contribution is 2.22. The molecule has 0 aromatic carbocycles. The first-order valence-corrected chi connectivity index (χ1v) is 6.99. The summed E-state index contributed by atoms with van der Waals surface area (Å²) < 4.78 is 2.58. The fourth-order valence-electron chi connectivity index (χ4n) is 1.50. The van der Waals surface area contributed by atoms with E-state index < -0.39 is 0 Å². The first kappa shape index (κ1) is 13.1. The Bertz CT molecular complexity index is 563. The maximum Gasteiger partial charge on any atom is 0.256 e. The number of nitrogen functional groups attached to an aromatic ring is 1. The van der Waals surface area contributed by atoms with E-state index >= 15 is 0 Å². The van der Waals surface area contributed by atoms with E-state index in [0.717, 1.165) is 10.2 Å². The zero-order chi connectivity index (χ0) is 13.1. The van der Waals surface area contributed by atoms with Crippen molar-refractivity contribution in [3.8, 4) is 0 Å². The van der Waals surface area contributed by atoms with Gasteiger partial charge in [-0.1, -0.05) is 0 Å². The zero-order valence-electron chi connectivity index (χ0n) is 9.81. The molecular formula is C11H13BrN4OS. The van der Waals surface area contributed by atoms with Crippen LogP contribution in [-0.4, -0.2) is 22.2 Å². The molecule has 0 spiro atoms. The lowest BCUT2D eigenvalue weighted by Gasteiger charge is -2.03. The average Bonchev–Trinajstić information content (AvgIpc) is 2.87. The van der Waals surface area contributed by atoms with E-state index in [2.05, 4.69) is 26.3 Å². The molecule has 0 radical (unpaired) electrons.